The molecular formula is C26H29N7O3. The molecule has 5 rings (SSSR count). The number of carbonyl (C=O) groups excluding carboxylic acids is 1. The summed E-state index contributed by atoms with van der Waals surface area (Å²) in [6.45, 7) is 4.60. The Labute approximate surface area is 209 Å². The van der Waals surface area contributed by atoms with Crippen molar-refractivity contribution >= 4 is 34.7 Å². The molecule has 36 heavy (non-hydrogen) atoms. The minimum absolute atomic E-state index is 0.120. The monoisotopic (exact) mass is 487 g/mol. The fraction of sp³-hybridized carbons (Fsp3) is 0.346. The molecule has 1 fully saturated rings. The molecule has 0 spiro atoms. The van der Waals surface area contributed by atoms with E-state index >= 15 is 0 Å². The number of nitrogens with zero attached hydrogens (tertiary/aromatic N) is 4. The highest BCUT2D eigenvalue weighted by molar-refractivity contribution is 5.95. The number of nitrogens with one attached hydrogen (secondary N) is 3. The second-order valence-electron chi connectivity index (χ2n) is 8.90. The number of carbonyl (C=O) groups is 1. The van der Waals surface area contributed by atoms with Gasteiger partial charge in [-0.25, -0.2) is 4.98 Å². The quantitative estimate of drug-likeness (QED) is 0.389. The molecule has 0 unspecified atom stereocenters. The van der Waals surface area contributed by atoms with Crippen molar-refractivity contribution in [3.8, 4) is 0 Å². The fourth-order valence-electron chi connectivity index (χ4n) is 4.50. The zero-order chi connectivity index (χ0) is 24.7. The fourth-order valence-corrected chi connectivity index (χ4v) is 4.50. The Kier molecular flexibility index (Phi) is 7.44. The van der Waals surface area contributed by atoms with E-state index in [0.29, 0.717) is 23.6 Å². The van der Waals surface area contributed by atoms with Crippen LogP contribution in [0.5, 0.6) is 0 Å². The number of hydrogen-bond donors (Lipinski definition) is 3. The highest BCUT2D eigenvalue weighted by atomic mass is 16.5. The van der Waals surface area contributed by atoms with Crippen molar-refractivity contribution < 1.29 is 9.53 Å². The van der Waals surface area contributed by atoms with E-state index < -0.39 is 0 Å². The van der Waals surface area contributed by atoms with Gasteiger partial charge in [0.05, 0.1) is 19.4 Å². The van der Waals surface area contributed by atoms with Crippen molar-refractivity contribution in [2.75, 3.05) is 50.0 Å². The number of benzene rings is 2. The van der Waals surface area contributed by atoms with E-state index in [4.69, 9.17) is 4.74 Å². The van der Waals surface area contributed by atoms with Gasteiger partial charge in [0.2, 0.25) is 5.95 Å². The average Bonchev–Trinajstić information content (AvgIpc) is 3.38. The topological polar surface area (TPSA) is 121 Å². The van der Waals surface area contributed by atoms with Crippen molar-refractivity contribution in [1.29, 1.82) is 0 Å². The zero-order valence-corrected chi connectivity index (χ0v) is 20.0. The Morgan fingerprint density at radius 1 is 1.03 bits per heavy atom. The number of aromatic nitrogens is 2. The molecule has 186 valence electrons. The van der Waals surface area contributed by atoms with Crippen molar-refractivity contribution in [2.45, 2.75) is 19.3 Å². The van der Waals surface area contributed by atoms with Gasteiger partial charge in [-0.05, 0) is 65.9 Å². The van der Waals surface area contributed by atoms with Crippen LogP contribution in [0.15, 0.2) is 53.8 Å². The Morgan fingerprint density at radius 2 is 1.86 bits per heavy atom. The molecule has 0 atom stereocenters. The average molecular weight is 488 g/mol. The highest BCUT2D eigenvalue weighted by Gasteiger charge is 2.14. The molecule has 1 amide bonds. The number of nitroso groups, excluding NO2 is 1. The van der Waals surface area contributed by atoms with Crippen LogP contribution in [0.3, 0.4) is 0 Å². The second kappa shape index (κ2) is 11.2. The number of morpholine rings is 1. The molecule has 10 heteroatoms. The van der Waals surface area contributed by atoms with E-state index in [1.807, 2.05) is 12.1 Å². The molecule has 0 bridgehead atoms. The summed E-state index contributed by atoms with van der Waals surface area (Å²) in [7, 11) is 0. The first-order valence-corrected chi connectivity index (χ1v) is 12.2. The first kappa shape index (κ1) is 23.8. The van der Waals surface area contributed by atoms with Crippen LogP contribution in [0.1, 0.15) is 27.9 Å². The number of anilines is 4. The summed E-state index contributed by atoms with van der Waals surface area (Å²) < 4.78 is 5.35. The van der Waals surface area contributed by atoms with Gasteiger partial charge in [-0.1, -0.05) is 12.1 Å². The standard InChI is InChI=1S/C26H29N7O3/c34-25(27-9-10-33-11-13-36-14-12-33)20-5-2-6-21(16-20)30-26-28-17-23(32-35)24(31-26)29-22-8-7-18-3-1-4-19(18)15-22/h2,5-8,15-17H,1,3-4,9-14H2,(H,27,34)(H2,28,29,30,31). The summed E-state index contributed by atoms with van der Waals surface area (Å²) in [4.78, 5) is 34.9. The van der Waals surface area contributed by atoms with Gasteiger partial charge in [-0.2, -0.15) is 4.98 Å². The Morgan fingerprint density at radius 3 is 2.72 bits per heavy atom. The first-order valence-electron chi connectivity index (χ1n) is 12.2. The summed E-state index contributed by atoms with van der Waals surface area (Å²) in [6.07, 6.45) is 4.69. The van der Waals surface area contributed by atoms with Crippen molar-refractivity contribution in [3.05, 3.63) is 70.3 Å². The molecule has 1 aliphatic heterocycles. The third-order valence-electron chi connectivity index (χ3n) is 6.43. The predicted molar refractivity (Wildman–Crippen MR) is 139 cm³/mol. The van der Waals surface area contributed by atoms with Crippen LogP contribution in [-0.2, 0) is 17.6 Å². The number of fused-ring (bicyclic) bond motifs is 1. The van der Waals surface area contributed by atoms with E-state index in [0.717, 1.165) is 57.8 Å². The van der Waals surface area contributed by atoms with Crippen LogP contribution in [0.4, 0.5) is 28.8 Å². The molecule has 2 heterocycles. The first-order chi connectivity index (χ1) is 17.7. The van der Waals surface area contributed by atoms with Crippen LogP contribution in [0.25, 0.3) is 0 Å². The van der Waals surface area contributed by atoms with Gasteiger partial charge in [0.25, 0.3) is 5.91 Å². The molecular weight excluding hydrogens is 458 g/mol. The molecule has 1 aliphatic carbocycles. The molecule has 0 radical (unpaired) electrons. The molecule has 1 aromatic heterocycles. The van der Waals surface area contributed by atoms with Gasteiger partial charge in [-0.15, -0.1) is 4.91 Å². The zero-order valence-electron chi connectivity index (χ0n) is 20.0. The van der Waals surface area contributed by atoms with Gasteiger partial charge < -0.3 is 20.7 Å². The lowest BCUT2D eigenvalue weighted by Crippen LogP contribution is -2.41. The number of amides is 1. The largest absolute Gasteiger partial charge is 0.379 e. The van der Waals surface area contributed by atoms with Crippen LogP contribution in [0, 0.1) is 4.91 Å². The third kappa shape index (κ3) is 5.84. The second-order valence-corrected chi connectivity index (χ2v) is 8.90. The van der Waals surface area contributed by atoms with Crippen molar-refractivity contribution in [3.63, 3.8) is 0 Å². The van der Waals surface area contributed by atoms with Crippen molar-refractivity contribution in [1.82, 2.24) is 20.2 Å². The maximum atomic E-state index is 12.6. The van der Waals surface area contributed by atoms with Gasteiger partial charge in [0.1, 0.15) is 0 Å². The molecule has 10 nitrogen and oxygen atoms in total. The molecule has 1 saturated heterocycles. The van der Waals surface area contributed by atoms with Crippen LogP contribution >= 0.6 is 0 Å². The minimum atomic E-state index is -0.146. The molecule has 0 saturated carbocycles. The highest BCUT2D eigenvalue weighted by Crippen LogP contribution is 2.30. The van der Waals surface area contributed by atoms with Gasteiger partial charge >= 0.3 is 0 Å². The van der Waals surface area contributed by atoms with E-state index in [9.17, 15) is 9.70 Å². The summed E-state index contributed by atoms with van der Waals surface area (Å²) in [5, 5.41) is 12.3. The molecule has 3 N–H and O–H groups in total. The SMILES string of the molecule is O=Nc1cnc(Nc2cccc(C(=O)NCCN3CCOCC3)c2)nc1Nc1ccc2c(c1)CCC2. The number of ether oxygens (including phenoxy) is 1. The Hall–Kier alpha value is -3.89. The third-order valence-corrected chi connectivity index (χ3v) is 6.43. The Bertz CT molecular complexity index is 1240. The van der Waals surface area contributed by atoms with Crippen LogP contribution in [0.2, 0.25) is 0 Å². The lowest BCUT2D eigenvalue weighted by molar-refractivity contribution is 0.0383. The van der Waals surface area contributed by atoms with Gasteiger partial charge in [0.15, 0.2) is 11.5 Å². The maximum absolute atomic E-state index is 12.6. The van der Waals surface area contributed by atoms with Gasteiger partial charge in [-0.3, -0.25) is 9.69 Å². The van der Waals surface area contributed by atoms with Gasteiger partial charge in [0, 0.05) is 43.1 Å². The summed E-state index contributed by atoms with van der Waals surface area (Å²) in [5.41, 5.74) is 4.84. The molecule has 2 aliphatic rings. The predicted octanol–water partition coefficient (Wildman–Crippen LogP) is 3.91. The van der Waals surface area contributed by atoms with E-state index in [2.05, 4.69) is 48.1 Å². The summed E-state index contributed by atoms with van der Waals surface area (Å²) in [5.74, 6) is 0.459. The molecule has 2 aromatic carbocycles. The van der Waals surface area contributed by atoms with E-state index in [1.165, 1.54) is 17.3 Å². The lowest BCUT2D eigenvalue weighted by atomic mass is 10.1. The number of rotatable bonds is 9. The number of hydrogen-bond acceptors (Lipinski definition) is 9. The number of aryl methyl sites for hydroxylation is 2. The van der Waals surface area contributed by atoms with Crippen LogP contribution in [-0.4, -0.2) is 60.2 Å². The summed E-state index contributed by atoms with van der Waals surface area (Å²) >= 11 is 0. The lowest BCUT2D eigenvalue weighted by Gasteiger charge is -2.26. The Balaban J connectivity index is 1.24. The normalized spacial score (nSPS) is 15.2. The van der Waals surface area contributed by atoms with E-state index in [1.54, 1.807) is 18.2 Å². The minimum Gasteiger partial charge on any atom is -0.379 e. The molecule has 3 aromatic rings. The van der Waals surface area contributed by atoms with Crippen LogP contribution < -0.4 is 16.0 Å². The van der Waals surface area contributed by atoms with Crippen molar-refractivity contribution in [2.24, 2.45) is 5.18 Å². The maximum Gasteiger partial charge on any atom is 0.251 e. The van der Waals surface area contributed by atoms with E-state index in [-0.39, 0.29) is 17.5 Å². The smallest absolute Gasteiger partial charge is 0.251 e. The summed E-state index contributed by atoms with van der Waals surface area (Å²) in [6, 6.07) is 13.3.